The monoisotopic (exact) mass is 658 g/mol. The largest absolute Gasteiger partial charge is 0.741 e. The number of amides is 1. The molecule has 1 amide bonds. The minimum absolute atomic E-state index is 0.237. The number of hydrogen-bond acceptors (Lipinski definition) is 9. The summed E-state index contributed by atoms with van der Waals surface area (Å²) in [5.74, 6) is 0.122. The van der Waals surface area contributed by atoms with Crippen LogP contribution in [0.2, 0.25) is 0 Å². The molecule has 16 heteroatoms. The topological polar surface area (TPSA) is 153 Å². The zero-order valence-electron chi connectivity index (χ0n) is 25.9. The van der Waals surface area contributed by atoms with Crippen molar-refractivity contribution >= 4 is 22.2 Å². The first-order valence-electron chi connectivity index (χ1n) is 13.5. The van der Waals surface area contributed by atoms with Crippen molar-refractivity contribution in [3.8, 4) is 17.0 Å². The van der Waals surface area contributed by atoms with Gasteiger partial charge in [-0.05, 0) is 59.2 Å². The van der Waals surface area contributed by atoms with Gasteiger partial charge in [-0.3, -0.25) is 0 Å². The van der Waals surface area contributed by atoms with Crippen molar-refractivity contribution in [2.45, 2.75) is 77.4 Å². The molecular formula is C29H37F3N4O8S. The van der Waals surface area contributed by atoms with Crippen molar-refractivity contribution in [1.29, 1.82) is 0 Å². The highest BCUT2D eigenvalue weighted by Crippen LogP contribution is 2.21. The van der Waals surface area contributed by atoms with Gasteiger partial charge in [-0.1, -0.05) is 42.5 Å². The number of ether oxygens (including phenoxy) is 3. The summed E-state index contributed by atoms with van der Waals surface area (Å²) in [6.07, 6.45) is 1.49. The SMILES string of the molecule is Cn1n[n+](COc2ccc(C[C@H](NC(=O)OC(C)(C)C)C(=O)OC(C)(C)C)cc2)cc1-c1ccccc1.O=S(=O)([O-])C(F)(F)F. The molecule has 248 valence electrons. The van der Waals surface area contributed by atoms with E-state index in [-0.39, 0.29) is 13.2 Å². The van der Waals surface area contributed by atoms with Crippen LogP contribution in [-0.4, -0.2) is 57.7 Å². The molecule has 0 aliphatic rings. The van der Waals surface area contributed by atoms with Crippen LogP contribution in [-0.2, 0) is 44.6 Å². The zero-order valence-corrected chi connectivity index (χ0v) is 26.7. The number of alkyl halides is 3. The molecule has 1 heterocycles. The van der Waals surface area contributed by atoms with E-state index in [0.717, 1.165) is 16.8 Å². The summed E-state index contributed by atoms with van der Waals surface area (Å²) >= 11 is 0. The molecule has 0 spiro atoms. The number of aryl methyl sites for hydroxylation is 1. The minimum atomic E-state index is -6.09. The van der Waals surface area contributed by atoms with Crippen LogP contribution in [0.4, 0.5) is 18.0 Å². The Morgan fingerprint density at radius 1 is 0.956 bits per heavy atom. The first kappa shape index (κ1) is 37.0. The zero-order chi connectivity index (χ0) is 34.2. The summed E-state index contributed by atoms with van der Waals surface area (Å²) < 4.78 is 79.2. The number of nitrogens with zero attached hydrogens (tertiary/aromatic N) is 3. The Hall–Kier alpha value is -4.18. The molecule has 0 unspecified atom stereocenters. The molecule has 0 aliphatic heterocycles. The van der Waals surface area contributed by atoms with E-state index in [2.05, 4.69) is 10.5 Å². The first-order chi connectivity index (χ1) is 20.5. The van der Waals surface area contributed by atoms with Crippen molar-refractivity contribution in [1.82, 2.24) is 15.2 Å². The van der Waals surface area contributed by atoms with E-state index in [9.17, 15) is 22.8 Å². The van der Waals surface area contributed by atoms with E-state index in [0.29, 0.717) is 5.75 Å². The van der Waals surface area contributed by atoms with Crippen LogP contribution in [0.5, 0.6) is 5.75 Å². The summed E-state index contributed by atoms with van der Waals surface area (Å²) in [7, 11) is -4.20. The third kappa shape index (κ3) is 13.1. The molecule has 3 rings (SSSR count). The molecule has 0 saturated carbocycles. The molecule has 0 aliphatic carbocycles. The summed E-state index contributed by atoms with van der Waals surface area (Å²) in [4.78, 5) is 25.1. The fraction of sp³-hybridized carbons (Fsp3) is 0.448. The number of benzene rings is 2. The molecule has 12 nitrogen and oxygen atoms in total. The third-order valence-electron chi connectivity index (χ3n) is 5.33. The number of esters is 1. The van der Waals surface area contributed by atoms with Gasteiger partial charge < -0.3 is 24.1 Å². The Kier molecular flexibility index (Phi) is 12.1. The Balaban J connectivity index is 0.000000777. The average molecular weight is 659 g/mol. The van der Waals surface area contributed by atoms with Gasteiger partial charge in [-0.15, -0.1) is 9.36 Å². The molecule has 1 aromatic heterocycles. The van der Waals surface area contributed by atoms with Gasteiger partial charge >= 0.3 is 17.6 Å². The number of carbonyl (C=O) groups is 2. The van der Waals surface area contributed by atoms with Crippen molar-refractivity contribution in [2.75, 3.05) is 0 Å². The van der Waals surface area contributed by atoms with E-state index in [4.69, 9.17) is 27.2 Å². The quantitative estimate of drug-likeness (QED) is 0.162. The van der Waals surface area contributed by atoms with Crippen molar-refractivity contribution in [2.24, 2.45) is 7.05 Å². The lowest BCUT2D eigenvalue weighted by Gasteiger charge is -2.26. The maximum Gasteiger partial charge on any atom is 0.485 e. The van der Waals surface area contributed by atoms with Crippen LogP contribution in [0, 0.1) is 0 Å². The maximum absolute atomic E-state index is 12.8. The second-order valence-corrected chi connectivity index (χ2v) is 13.1. The van der Waals surface area contributed by atoms with Gasteiger partial charge in [0.05, 0.1) is 5.21 Å². The molecule has 0 bridgehead atoms. The predicted molar refractivity (Wildman–Crippen MR) is 154 cm³/mol. The number of nitrogens with one attached hydrogen (secondary N) is 1. The molecule has 0 fully saturated rings. The van der Waals surface area contributed by atoms with E-state index in [1.54, 1.807) is 50.9 Å². The number of halogens is 3. The number of alkyl carbamates (subject to hydrolysis) is 1. The predicted octanol–water partition coefficient (Wildman–Crippen LogP) is 4.24. The highest BCUT2D eigenvalue weighted by Gasteiger charge is 2.37. The van der Waals surface area contributed by atoms with E-state index in [1.807, 2.05) is 67.8 Å². The van der Waals surface area contributed by atoms with Crippen molar-refractivity contribution < 1.29 is 54.6 Å². The van der Waals surface area contributed by atoms with Crippen LogP contribution in [0.25, 0.3) is 11.3 Å². The van der Waals surface area contributed by atoms with Gasteiger partial charge in [-0.25, -0.2) is 18.0 Å². The van der Waals surface area contributed by atoms with E-state index in [1.165, 1.54) is 0 Å². The molecular weight excluding hydrogens is 621 g/mol. The molecule has 45 heavy (non-hydrogen) atoms. The van der Waals surface area contributed by atoms with Crippen molar-refractivity contribution in [3.05, 3.63) is 66.4 Å². The summed E-state index contributed by atoms with van der Waals surface area (Å²) in [6.45, 7) is 10.9. The van der Waals surface area contributed by atoms with Crippen LogP contribution >= 0.6 is 0 Å². The number of rotatable bonds is 8. The van der Waals surface area contributed by atoms with E-state index < -0.39 is 44.9 Å². The van der Waals surface area contributed by atoms with E-state index >= 15 is 0 Å². The molecule has 0 saturated heterocycles. The smallest absolute Gasteiger partial charge is 0.485 e. The average Bonchev–Trinajstić information content (AvgIpc) is 3.26. The molecule has 1 N–H and O–H groups in total. The van der Waals surface area contributed by atoms with Crippen molar-refractivity contribution in [3.63, 3.8) is 0 Å². The highest BCUT2D eigenvalue weighted by molar-refractivity contribution is 7.86. The normalized spacial score (nSPS) is 12.8. The second-order valence-electron chi connectivity index (χ2n) is 11.7. The van der Waals surface area contributed by atoms with Gasteiger partial charge in [0.15, 0.2) is 22.0 Å². The Labute approximate surface area is 259 Å². The van der Waals surface area contributed by atoms with Gasteiger partial charge in [0.2, 0.25) is 0 Å². The standard InChI is InChI=1S/C28H36N4O5.CHF3O3S/c1-27(2,3)36-25(33)23(29-26(34)37-28(4,5)6)17-20-13-15-22(16-14-20)35-19-32-18-24(31(7)30-32)21-11-9-8-10-12-21;2-1(3,4)8(5,6)7/h8-16,18,23H,17,19H2,1-7H3;(H,5,6,7)/t23-;/m0./s1. The van der Waals surface area contributed by atoms with Gasteiger partial charge in [0.1, 0.15) is 30.0 Å². The molecule has 2 aromatic carbocycles. The lowest BCUT2D eigenvalue weighted by Crippen LogP contribution is -2.47. The van der Waals surface area contributed by atoms with Gasteiger partial charge in [0, 0.05) is 12.0 Å². The molecule has 0 radical (unpaired) electrons. The second kappa shape index (κ2) is 14.7. The lowest BCUT2D eigenvalue weighted by molar-refractivity contribution is -0.779. The summed E-state index contributed by atoms with van der Waals surface area (Å²) in [5, 5.41) is 7.11. The van der Waals surface area contributed by atoms with Gasteiger partial charge in [0.25, 0.3) is 6.73 Å². The summed E-state index contributed by atoms with van der Waals surface area (Å²) in [6, 6.07) is 16.4. The van der Waals surface area contributed by atoms with Crippen LogP contribution < -0.4 is 14.7 Å². The number of carbonyl (C=O) groups excluding carboxylic acids is 2. The van der Waals surface area contributed by atoms with Crippen LogP contribution in [0.3, 0.4) is 0 Å². The lowest BCUT2D eigenvalue weighted by atomic mass is 10.1. The minimum Gasteiger partial charge on any atom is -0.741 e. The number of hydrogen-bond donors (Lipinski definition) is 1. The molecule has 3 aromatic rings. The molecule has 1 atom stereocenters. The highest BCUT2D eigenvalue weighted by atomic mass is 32.2. The van der Waals surface area contributed by atoms with Crippen LogP contribution in [0.1, 0.15) is 47.1 Å². The van der Waals surface area contributed by atoms with Crippen LogP contribution in [0.15, 0.2) is 60.8 Å². The Morgan fingerprint density at radius 3 is 1.98 bits per heavy atom. The maximum atomic E-state index is 12.8. The fourth-order valence-electron chi connectivity index (χ4n) is 3.52. The Morgan fingerprint density at radius 2 is 1.49 bits per heavy atom. The third-order valence-corrected chi connectivity index (χ3v) is 5.90. The number of aromatic nitrogens is 3. The summed E-state index contributed by atoms with van der Waals surface area (Å²) in [5.41, 5.74) is -4.14. The fourth-order valence-corrected chi connectivity index (χ4v) is 3.52. The van der Waals surface area contributed by atoms with Gasteiger partial charge in [-0.2, -0.15) is 13.2 Å². The first-order valence-corrected chi connectivity index (χ1v) is 14.9. The Bertz CT molecular complexity index is 1530.